The number of amides is 1. The molecular weight excluding hydrogens is 370 g/mol. The lowest BCUT2D eigenvalue weighted by molar-refractivity contribution is -0.128. The van der Waals surface area contributed by atoms with Gasteiger partial charge in [-0.15, -0.1) is 0 Å². The summed E-state index contributed by atoms with van der Waals surface area (Å²) in [5.41, 5.74) is 4.29. The van der Waals surface area contributed by atoms with E-state index in [0.29, 0.717) is 31.2 Å². The number of ether oxygens (including phenoxy) is 2. The smallest absolute Gasteiger partial charge is 0.257 e. The van der Waals surface area contributed by atoms with Crippen molar-refractivity contribution in [1.82, 2.24) is 15.0 Å². The van der Waals surface area contributed by atoms with Crippen molar-refractivity contribution in [2.24, 2.45) is 0 Å². The lowest BCUT2D eigenvalue weighted by Crippen LogP contribution is -2.24. The molecule has 3 heterocycles. The van der Waals surface area contributed by atoms with Crippen LogP contribution in [-0.4, -0.2) is 34.3 Å². The average Bonchev–Trinajstić information content (AvgIpc) is 3.44. The SMILES string of the molecule is Cc1ccc(-c2nc(C3CC(=O)N(Cc4ccc5c(c4)OCO5)C3)no2)cc1C. The largest absolute Gasteiger partial charge is 0.454 e. The fraction of sp³-hybridized carbons (Fsp3) is 0.318. The van der Waals surface area contributed by atoms with Crippen LogP contribution in [0.1, 0.15) is 34.9 Å². The summed E-state index contributed by atoms with van der Waals surface area (Å²) in [6, 6.07) is 11.8. The van der Waals surface area contributed by atoms with Gasteiger partial charge in [-0.25, -0.2) is 0 Å². The number of hydrogen-bond acceptors (Lipinski definition) is 6. The highest BCUT2D eigenvalue weighted by Gasteiger charge is 2.34. The van der Waals surface area contributed by atoms with Crippen molar-refractivity contribution in [2.75, 3.05) is 13.3 Å². The fourth-order valence-corrected chi connectivity index (χ4v) is 3.75. The molecule has 1 amide bonds. The van der Waals surface area contributed by atoms with Crippen LogP contribution in [0.3, 0.4) is 0 Å². The molecule has 2 aliphatic rings. The summed E-state index contributed by atoms with van der Waals surface area (Å²) in [5.74, 6) is 2.56. The molecule has 0 radical (unpaired) electrons. The molecule has 0 saturated carbocycles. The zero-order valence-electron chi connectivity index (χ0n) is 16.3. The van der Waals surface area contributed by atoms with Crippen LogP contribution in [0.4, 0.5) is 0 Å². The van der Waals surface area contributed by atoms with Crippen LogP contribution in [0.25, 0.3) is 11.5 Å². The molecule has 5 rings (SSSR count). The Balaban J connectivity index is 1.30. The molecule has 1 aromatic heterocycles. The van der Waals surface area contributed by atoms with Gasteiger partial charge in [0.25, 0.3) is 5.89 Å². The van der Waals surface area contributed by atoms with Gasteiger partial charge in [0.05, 0.1) is 0 Å². The maximum atomic E-state index is 12.5. The molecule has 0 aliphatic carbocycles. The Bertz CT molecular complexity index is 1090. The molecule has 0 spiro atoms. The highest BCUT2D eigenvalue weighted by Crippen LogP contribution is 2.34. The normalized spacial score (nSPS) is 17.9. The monoisotopic (exact) mass is 391 g/mol. The average molecular weight is 391 g/mol. The van der Waals surface area contributed by atoms with E-state index in [2.05, 4.69) is 24.0 Å². The molecule has 1 saturated heterocycles. The van der Waals surface area contributed by atoms with Crippen molar-refractivity contribution in [3.05, 3.63) is 58.9 Å². The predicted octanol–water partition coefficient (Wildman–Crippen LogP) is 3.60. The third kappa shape index (κ3) is 3.33. The van der Waals surface area contributed by atoms with Crippen LogP contribution in [0.2, 0.25) is 0 Å². The third-order valence-corrected chi connectivity index (χ3v) is 5.59. The number of carbonyl (C=O) groups excluding carboxylic acids is 1. The van der Waals surface area contributed by atoms with Crippen molar-refractivity contribution in [3.8, 4) is 23.0 Å². The van der Waals surface area contributed by atoms with Gasteiger partial charge >= 0.3 is 0 Å². The zero-order valence-corrected chi connectivity index (χ0v) is 16.3. The van der Waals surface area contributed by atoms with E-state index >= 15 is 0 Å². The number of aromatic nitrogens is 2. The topological polar surface area (TPSA) is 77.7 Å². The fourth-order valence-electron chi connectivity index (χ4n) is 3.75. The number of rotatable bonds is 4. The standard InChI is InChI=1S/C22H21N3O4/c1-13-3-5-16(7-14(13)2)22-23-21(24-29-22)17-9-20(26)25(11-17)10-15-4-6-18-19(8-15)28-12-27-18/h3-8,17H,9-12H2,1-2H3. The predicted molar refractivity (Wildman–Crippen MR) is 105 cm³/mol. The van der Waals surface area contributed by atoms with Gasteiger partial charge in [-0.05, 0) is 54.8 Å². The molecule has 29 heavy (non-hydrogen) atoms. The minimum Gasteiger partial charge on any atom is -0.454 e. The Morgan fingerprint density at radius 2 is 1.93 bits per heavy atom. The highest BCUT2D eigenvalue weighted by atomic mass is 16.7. The van der Waals surface area contributed by atoms with Crippen molar-refractivity contribution < 1.29 is 18.8 Å². The first-order chi connectivity index (χ1) is 14.1. The number of benzene rings is 2. The summed E-state index contributed by atoms with van der Waals surface area (Å²) >= 11 is 0. The van der Waals surface area contributed by atoms with Crippen molar-refractivity contribution in [2.45, 2.75) is 32.7 Å². The van der Waals surface area contributed by atoms with Crippen LogP contribution in [0, 0.1) is 13.8 Å². The molecule has 1 fully saturated rings. The Hall–Kier alpha value is -3.35. The first kappa shape index (κ1) is 17.7. The second kappa shape index (κ2) is 6.92. The van der Waals surface area contributed by atoms with Gasteiger partial charge in [0, 0.05) is 31.0 Å². The van der Waals surface area contributed by atoms with Gasteiger partial charge < -0.3 is 18.9 Å². The number of likely N-dealkylation sites (tertiary alicyclic amines) is 1. The lowest BCUT2D eigenvalue weighted by atomic mass is 10.1. The molecule has 0 N–H and O–H groups in total. The first-order valence-electron chi connectivity index (χ1n) is 9.64. The first-order valence-corrected chi connectivity index (χ1v) is 9.64. The van der Waals surface area contributed by atoms with Crippen molar-refractivity contribution in [1.29, 1.82) is 0 Å². The Kier molecular flexibility index (Phi) is 4.23. The Morgan fingerprint density at radius 1 is 1.07 bits per heavy atom. The van der Waals surface area contributed by atoms with E-state index in [4.69, 9.17) is 14.0 Å². The van der Waals surface area contributed by atoms with Gasteiger partial charge in [-0.3, -0.25) is 4.79 Å². The summed E-state index contributed by atoms with van der Waals surface area (Å²) in [5, 5.41) is 4.15. The van der Waals surface area contributed by atoms with Gasteiger partial charge in [0.1, 0.15) is 0 Å². The van der Waals surface area contributed by atoms with E-state index in [-0.39, 0.29) is 18.6 Å². The maximum absolute atomic E-state index is 12.5. The molecule has 2 aromatic carbocycles. The molecule has 3 aromatic rings. The van der Waals surface area contributed by atoms with Crippen molar-refractivity contribution >= 4 is 5.91 Å². The summed E-state index contributed by atoms with van der Waals surface area (Å²) in [6.45, 7) is 5.45. The van der Waals surface area contributed by atoms with E-state index in [1.165, 1.54) is 11.1 Å². The van der Waals surface area contributed by atoms with E-state index in [0.717, 1.165) is 22.6 Å². The van der Waals surface area contributed by atoms with Crippen LogP contribution in [0.5, 0.6) is 11.5 Å². The minimum absolute atomic E-state index is 0.0689. The molecule has 148 valence electrons. The molecule has 7 nitrogen and oxygen atoms in total. The minimum atomic E-state index is -0.0689. The molecule has 1 unspecified atom stereocenters. The summed E-state index contributed by atoms with van der Waals surface area (Å²) in [6.07, 6.45) is 0.385. The number of aryl methyl sites for hydroxylation is 2. The molecule has 0 bridgehead atoms. The van der Waals surface area contributed by atoms with E-state index in [1.807, 2.05) is 41.3 Å². The number of hydrogen-bond donors (Lipinski definition) is 0. The molecular formula is C22H21N3O4. The summed E-state index contributed by atoms with van der Waals surface area (Å²) in [4.78, 5) is 18.9. The third-order valence-electron chi connectivity index (χ3n) is 5.59. The maximum Gasteiger partial charge on any atom is 0.257 e. The van der Waals surface area contributed by atoms with Gasteiger partial charge in [-0.2, -0.15) is 4.98 Å². The second-order valence-electron chi connectivity index (χ2n) is 7.62. The number of fused-ring (bicyclic) bond motifs is 1. The lowest BCUT2D eigenvalue weighted by Gasteiger charge is -2.16. The Labute approximate surface area is 168 Å². The van der Waals surface area contributed by atoms with Gasteiger partial charge in [0.15, 0.2) is 17.3 Å². The Morgan fingerprint density at radius 3 is 2.79 bits per heavy atom. The molecule has 1 atom stereocenters. The van der Waals surface area contributed by atoms with E-state index < -0.39 is 0 Å². The van der Waals surface area contributed by atoms with Crippen LogP contribution in [0.15, 0.2) is 40.9 Å². The van der Waals surface area contributed by atoms with E-state index in [9.17, 15) is 4.79 Å². The number of nitrogens with zero attached hydrogens (tertiary/aromatic N) is 3. The van der Waals surface area contributed by atoms with Crippen LogP contribution < -0.4 is 9.47 Å². The summed E-state index contributed by atoms with van der Waals surface area (Å²) < 4.78 is 16.2. The quantitative estimate of drug-likeness (QED) is 0.676. The van der Waals surface area contributed by atoms with Gasteiger partial charge in [0.2, 0.25) is 12.7 Å². The van der Waals surface area contributed by atoms with Crippen LogP contribution in [-0.2, 0) is 11.3 Å². The zero-order chi connectivity index (χ0) is 20.0. The number of carbonyl (C=O) groups is 1. The summed E-state index contributed by atoms with van der Waals surface area (Å²) in [7, 11) is 0. The second-order valence-corrected chi connectivity index (χ2v) is 7.62. The van der Waals surface area contributed by atoms with E-state index in [1.54, 1.807) is 0 Å². The highest BCUT2D eigenvalue weighted by molar-refractivity contribution is 5.79. The van der Waals surface area contributed by atoms with Gasteiger partial charge in [-0.1, -0.05) is 17.3 Å². The van der Waals surface area contributed by atoms with Crippen LogP contribution >= 0.6 is 0 Å². The molecule has 2 aliphatic heterocycles. The molecule has 7 heteroatoms. The van der Waals surface area contributed by atoms with Crippen molar-refractivity contribution in [3.63, 3.8) is 0 Å².